The first-order valence-electron chi connectivity index (χ1n) is 20.0. The van der Waals surface area contributed by atoms with Crippen molar-refractivity contribution in [2.75, 3.05) is 23.8 Å². The Bertz CT molecular complexity index is 2710. The van der Waals surface area contributed by atoms with Crippen molar-refractivity contribution < 1.29 is 23.9 Å². The molecule has 5 aromatic carbocycles. The number of H-pyrrole nitrogens is 1. The summed E-state index contributed by atoms with van der Waals surface area (Å²) in [5.74, 6) is -1.70. The molecule has 10 nitrogen and oxygen atoms in total. The highest BCUT2D eigenvalue weighted by molar-refractivity contribution is 8.00. The molecule has 1 atom stereocenters. The maximum absolute atomic E-state index is 14.5. The number of rotatable bonds is 14. The number of para-hydroxylation sites is 1. The second-order valence-electron chi connectivity index (χ2n) is 14.4. The SMILES string of the molecule is CCOC(=O)c1c(NC(=O)C(Sc2cccc(NC(=O)/C(=C/c3c[nH]c4ccccc34)NC(=O)c3ccccc3)c2)c2ccccc2)sc2c1CCN(Cc1ccccc1)C2. The molecule has 0 saturated heterocycles. The summed E-state index contributed by atoms with van der Waals surface area (Å²) in [5, 5.41) is 9.56. The molecule has 7 aromatic rings. The Kier molecular flexibility index (Phi) is 12.9. The van der Waals surface area contributed by atoms with Crippen LogP contribution in [0.3, 0.4) is 0 Å². The number of aromatic amines is 1. The lowest BCUT2D eigenvalue weighted by molar-refractivity contribution is -0.116. The Labute approximate surface area is 362 Å². The van der Waals surface area contributed by atoms with Gasteiger partial charge in [0, 0.05) is 63.3 Å². The van der Waals surface area contributed by atoms with Gasteiger partial charge in [-0.2, -0.15) is 0 Å². The molecule has 306 valence electrons. The average molecular weight is 846 g/mol. The Morgan fingerprint density at radius 3 is 2.34 bits per heavy atom. The van der Waals surface area contributed by atoms with Crippen LogP contribution in [0.15, 0.2) is 156 Å². The smallest absolute Gasteiger partial charge is 0.341 e. The summed E-state index contributed by atoms with van der Waals surface area (Å²) in [6.45, 7) is 4.20. The number of amides is 3. The van der Waals surface area contributed by atoms with E-state index < -0.39 is 23.0 Å². The van der Waals surface area contributed by atoms with Crippen LogP contribution in [0.4, 0.5) is 10.7 Å². The predicted molar refractivity (Wildman–Crippen MR) is 243 cm³/mol. The van der Waals surface area contributed by atoms with E-state index in [1.165, 1.54) is 28.7 Å². The van der Waals surface area contributed by atoms with Crippen LogP contribution >= 0.6 is 23.1 Å². The number of benzene rings is 5. The molecular weight excluding hydrogens is 803 g/mol. The number of hydrogen-bond acceptors (Lipinski definition) is 8. The van der Waals surface area contributed by atoms with Gasteiger partial charge in [0.25, 0.3) is 11.8 Å². The van der Waals surface area contributed by atoms with Crippen LogP contribution in [0.5, 0.6) is 0 Å². The summed E-state index contributed by atoms with van der Waals surface area (Å²) in [5.41, 5.74) is 5.88. The lowest BCUT2D eigenvalue weighted by Gasteiger charge is -2.27. The molecule has 0 fully saturated rings. The van der Waals surface area contributed by atoms with Crippen LogP contribution in [-0.2, 0) is 33.8 Å². The van der Waals surface area contributed by atoms with Crippen LogP contribution in [-0.4, -0.2) is 46.7 Å². The zero-order valence-corrected chi connectivity index (χ0v) is 35.0. The van der Waals surface area contributed by atoms with Crippen molar-refractivity contribution in [3.05, 3.63) is 190 Å². The number of fused-ring (bicyclic) bond motifs is 2. The van der Waals surface area contributed by atoms with Crippen LogP contribution in [0.1, 0.15) is 60.0 Å². The summed E-state index contributed by atoms with van der Waals surface area (Å²) in [6.07, 6.45) is 4.10. The van der Waals surface area contributed by atoms with Gasteiger partial charge in [0.05, 0.1) is 12.2 Å². The number of carbonyl (C=O) groups is 4. The van der Waals surface area contributed by atoms with E-state index in [0.717, 1.165) is 45.6 Å². The minimum atomic E-state index is -0.724. The van der Waals surface area contributed by atoms with E-state index in [-0.39, 0.29) is 18.2 Å². The molecule has 1 aliphatic heterocycles. The summed E-state index contributed by atoms with van der Waals surface area (Å²) < 4.78 is 5.53. The van der Waals surface area contributed by atoms with E-state index in [4.69, 9.17) is 4.74 Å². The van der Waals surface area contributed by atoms with Crippen molar-refractivity contribution in [2.24, 2.45) is 0 Å². The summed E-state index contributed by atoms with van der Waals surface area (Å²) in [6, 6.07) is 43.4. The molecule has 3 heterocycles. The van der Waals surface area contributed by atoms with Crippen LogP contribution in [0.25, 0.3) is 17.0 Å². The van der Waals surface area contributed by atoms with Gasteiger partial charge in [0.2, 0.25) is 5.91 Å². The first-order chi connectivity index (χ1) is 29.8. The third-order valence-corrected chi connectivity index (χ3v) is 12.6. The van der Waals surface area contributed by atoms with E-state index in [1.54, 1.807) is 61.7 Å². The summed E-state index contributed by atoms with van der Waals surface area (Å²) >= 11 is 2.75. The molecular formula is C49H43N5O5S2. The second kappa shape index (κ2) is 19.1. The van der Waals surface area contributed by atoms with Crippen LogP contribution in [0, 0.1) is 0 Å². The number of thiophene rings is 1. The fraction of sp³-hybridized carbons (Fsp3) is 0.143. The number of hydrogen-bond donors (Lipinski definition) is 4. The van der Waals surface area contributed by atoms with Gasteiger partial charge in [-0.3, -0.25) is 19.3 Å². The molecule has 12 heteroatoms. The molecule has 3 amide bonds. The topological polar surface area (TPSA) is 133 Å². The number of ether oxygens (including phenoxy) is 1. The van der Waals surface area contributed by atoms with Gasteiger partial charge in [0.1, 0.15) is 15.9 Å². The third kappa shape index (κ3) is 9.84. The van der Waals surface area contributed by atoms with E-state index in [1.807, 2.05) is 84.9 Å². The molecule has 61 heavy (non-hydrogen) atoms. The van der Waals surface area contributed by atoms with Crippen LogP contribution in [0.2, 0.25) is 0 Å². The van der Waals surface area contributed by atoms with Crippen molar-refractivity contribution in [3.8, 4) is 0 Å². The van der Waals surface area contributed by atoms with Crippen molar-refractivity contribution in [3.63, 3.8) is 0 Å². The number of carbonyl (C=O) groups excluding carboxylic acids is 4. The Morgan fingerprint density at radius 1 is 0.852 bits per heavy atom. The molecule has 0 aliphatic carbocycles. The quantitative estimate of drug-likeness (QED) is 0.0487. The Balaban J connectivity index is 1.04. The van der Waals surface area contributed by atoms with Crippen molar-refractivity contribution >= 4 is 74.5 Å². The number of anilines is 2. The fourth-order valence-electron chi connectivity index (χ4n) is 7.31. The van der Waals surface area contributed by atoms with E-state index >= 15 is 0 Å². The third-order valence-electron chi connectivity index (χ3n) is 10.2. The molecule has 0 radical (unpaired) electrons. The molecule has 0 bridgehead atoms. The molecule has 0 saturated carbocycles. The van der Waals surface area contributed by atoms with Crippen molar-refractivity contribution in [2.45, 2.75) is 36.6 Å². The van der Waals surface area contributed by atoms with Gasteiger partial charge in [-0.05, 0) is 72.5 Å². The highest BCUT2D eigenvalue weighted by atomic mass is 32.2. The first kappa shape index (κ1) is 41.0. The standard InChI is InChI=1S/C49H43N5O5S2/c1-2-59-49(58)43-39-25-26-54(30-32-15-6-3-7-16-32)31-42(39)61-48(43)53-47(57)44(33-17-8-4-9-18-33)60-37-22-14-21-36(28-37)51-46(56)41(52-45(55)34-19-10-5-11-20-34)27-35-29-50-40-24-13-12-23-38(35)40/h3-24,27-29,44,50H,2,25-26,30-31H2,1H3,(H,51,56)(H,52,55)(H,53,57)/b41-27-. The second-order valence-corrected chi connectivity index (χ2v) is 16.7. The van der Waals surface area contributed by atoms with Gasteiger partial charge in [-0.25, -0.2) is 4.79 Å². The highest BCUT2D eigenvalue weighted by Gasteiger charge is 2.32. The fourth-order valence-corrected chi connectivity index (χ4v) is 9.68. The molecule has 1 unspecified atom stereocenters. The Hall–Kier alpha value is -6.73. The largest absolute Gasteiger partial charge is 0.462 e. The number of nitrogens with one attached hydrogen (secondary N) is 4. The number of aromatic nitrogens is 1. The van der Waals surface area contributed by atoms with Gasteiger partial charge in [-0.15, -0.1) is 23.1 Å². The molecule has 0 spiro atoms. The first-order valence-corrected chi connectivity index (χ1v) is 21.7. The highest BCUT2D eigenvalue weighted by Crippen LogP contribution is 2.41. The van der Waals surface area contributed by atoms with Gasteiger partial charge in [-0.1, -0.05) is 103 Å². The number of nitrogens with zero attached hydrogens (tertiary/aromatic N) is 1. The maximum atomic E-state index is 14.5. The number of thioether (sulfide) groups is 1. The number of esters is 1. The van der Waals surface area contributed by atoms with Crippen molar-refractivity contribution in [1.29, 1.82) is 0 Å². The lowest BCUT2D eigenvalue weighted by atomic mass is 10.0. The molecule has 1 aliphatic rings. The van der Waals surface area contributed by atoms with Gasteiger partial charge >= 0.3 is 5.97 Å². The molecule has 2 aromatic heterocycles. The van der Waals surface area contributed by atoms with Crippen LogP contribution < -0.4 is 16.0 Å². The predicted octanol–water partition coefficient (Wildman–Crippen LogP) is 9.85. The minimum absolute atomic E-state index is 0.0532. The van der Waals surface area contributed by atoms with Crippen molar-refractivity contribution in [1.82, 2.24) is 15.2 Å². The molecule has 4 N–H and O–H groups in total. The molecule has 8 rings (SSSR count). The lowest BCUT2D eigenvalue weighted by Crippen LogP contribution is -2.30. The Morgan fingerprint density at radius 2 is 1.57 bits per heavy atom. The summed E-state index contributed by atoms with van der Waals surface area (Å²) in [7, 11) is 0. The maximum Gasteiger partial charge on any atom is 0.341 e. The van der Waals surface area contributed by atoms with Gasteiger partial charge < -0.3 is 25.7 Å². The van der Waals surface area contributed by atoms with Gasteiger partial charge in [0.15, 0.2) is 0 Å². The average Bonchev–Trinajstić information content (AvgIpc) is 3.86. The monoisotopic (exact) mass is 845 g/mol. The zero-order chi connectivity index (χ0) is 42.1. The van der Waals surface area contributed by atoms with E-state index in [9.17, 15) is 19.2 Å². The zero-order valence-electron chi connectivity index (χ0n) is 33.4. The van der Waals surface area contributed by atoms with E-state index in [0.29, 0.717) is 39.7 Å². The normalized spacial score (nSPS) is 13.2. The summed E-state index contributed by atoms with van der Waals surface area (Å²) in [4.78, 5) is 62.6. The minimum Gasteiger partial charge on any atom is -0.462 e. The van der Waals surface area contributed by atoms with E-state index in [2.05, 4.69) is 38.0 Å².